The van der Waals surface area contributed by atoms with Crippen molar-refractivity contribution in [3.05, 3.63) is 29.5 Å². The number of nitrogens with zero attached hydrogens (tertiary/aromatic N) is 4. The first-order valence-electron chi connectivity index (χ1n) is 6.03. The van der Waals surface area contributed by atoms with E-state index in [1.54, 1.807) is 10.8 Å². The maximum atomic E-state index is 11.1. The predicted octanol–water partition coefficient (Wildman–Crippen LogP) is 2.26. The number of carboxylic acids is 1. The maximum absolute atomic E-state index is 11.1. The van der Waals surface area contributed by atoms with Gasteiger partial charge in [0.2, 0.25) is 0 Å². The van der Waals surface area contributed by atoms with E-state index in [9.17, 15) is 4.79 Å². The Balaban J connectivity index is 2.30. The molecule has 3 rings (SSSR count). The summed E-state index contributed by atoms with van der Waals surface area (Å²) in [6, 6.07) is 3.94. The summed E-state index contributed by atoms with van der Waals surface area (Å²) in [6.45, 7) is 3.88. The number of hydrogen-bond acceptors (Lipinski definition) is 5. The van der Waals surface area contributed by atoms with E-state index in [0.717, 1.165) is 27.0 Å². The number of carboxylic acid groups (broad SMARTS) is 1. The van der Waals surface area contributed by atoms with Gasteiger partial charge in [0.1, 0.15) is 11.4 Å². The summed E-state index contributed by atoms with van der Waals surface area (Å²) >= 11 is 1.20. The maximum Gasteiger partial charge on any atom is 0.323 e. The van der Waals surface area contributed by atoms with E-state index in [0.29, 0.717) is 5.82 Å². The number of rotatable bonds is 3. The summed E-state index contributed by atoms with van der Waals surface area (Å²) in [6.07, 6.45) is 1.60. The molecule has 2 heterocycles. The molecule has 0 radical (unpaired) electrons. The fourth-order valence-corrected chi connectivity index (χ4v) is 2.64. The lowest BCUT2D eigenvalue weighted by Crippen LogP contribution is -2.09. The van der Waals surface area contributed by atoms with Crippen molar-refractivity contribution in [3.63, 3.8) is 0 Å². The number of aromatic nitrogens is 4. The smallest absolute Gasteiger partial charge is 0.323 e. The van der Waals surface area contributed by atoms with Crippen molar-refractivity contribution in [3.8, 4) is 10.7 Å². The Bertz CT molecular complexity index is 792. The van der Waals surface area contributed by atoms with Gasteiger partial charge in [-0.15, -0.1) is 5.10 Å². The Labute approximate surface area is 118 Å². The van der Waals surface area contributed by atoms with Gasteiger partial charge in [-0.3, -0.25) is 4.79 Å². The van der Waals surface area contributed by atoms with Gasteiger partial charge in [0.25, 0.3) is 0 Å². The van der Waals surface area contributed by atoms with Gasteiger partial charge < -0.3 is 9.67 Å². The van der Waals surface area contributed by atoms with Gasteiger partial charge in [-0.25, -0.2) is 4.98 Å². The Morgan fingerprint density at radius 1 is 1.35 bits per heavy atom. The van der Waals surface area contributed by atoms with Crippen LogP contribution in [0.15, 0.2) is 18.3 Å². The van der Waals surface area contributed by atoms with E-state index < -0.39 is 5.97 Å². The lowest BCUT2D eigenvalue weighted by atomic mass is 10.1. The second kappa shape index (κ2) is 4.68. The van der Waals surface area contributed by atoms with Crippen molar-refractivity contribution in [1.29, 1.82) is 0 Å². The third kappa shape index (κ3) is 2.05. The third-order valence-electron chi connectivity index (χ3n) is 3.24. The number of hydrogen-bond donors (Lipinski definition) is 1. The van der Waals surface area contributed by atoms with Crippen LogP contribution in [0.2, 0.25) is 0 Å². The third-order valence-corrected chi connectivity index (χ3v) is 3.90. The summed E-state index contributed by atoms with van der Waals surface area (Å²) in [5, 5.41) is 12.9. The quantitative estimate of drug-likeness (QED) is 0.799. The number of imidazole rings is 1. The van der Waals surface area contributed by atoms with Crippen molar-refractivity contribution in [2.45, 2.75) is 20.4 Å². The van der Waals surface area contributed by atoms with Crippen LogP contribution in [0.5, 0.6) is 0 Å². The molecule has 102 valence electrons. The first-order valence-corrected chi connectivity index (χ1v) is 6.80. The first-order chi connectivity index (χ1) is 9.56. The van der Waals surface area contributed by atoms with Crippen LogP contribution in [0.25, 0.3) is 21.7 Å². The van der Waals surface area contributed by atoms with Crippen molar-refractivity contribution in [1.82, 2.24) is 19.1 Å². The van der Waals surface area contributed by atoms with Gasteiger partial charge in [0, 0.05) is 0 Å². The molecule has 1 aromatic carbocycles. The number of aryl methyl sites for hydroxylation is 2. The number of aliphatic carboxylic acids is 1. The van der Waals surface area contributed by atoms with E-state index in [2.05, 4.69) is 14.6 Å². The summed E-state index contributed by atoms with van der Waals surface area (Å²) in [5.41, 5.74) is 3.85. The van der Waals surface area contributed by atoms with E-state index in [-0.39, 0.29) is 6.54 Å². The van der Waals surface area contributed by atoms with Crippen LogP contribution in [-0.4, -0.2) is 30.2 Å². The van der Waals surface area contributed by atoms with Gasteiger partial charge in [0.05, 0.1) is 17.2 Å². The second-order valence-corrected chi connectivity index (χ2v) is 5.41. The SMILES string of the molecule is Cc1cc2nc(-c3cnns3)n(CC(=O)O)c2cc1C. The first kappa shape index (κ1) is 12.7. The number of carbonyl (C=O) groups is 1. The molecule has 1 N–H and O–H groups in total. The van der Waals surface area contributed by atoms with Crippen LogP contribution in [0, 0.1) is 13.8 Å². The molecular formula is C13H12N4O2S. The minimum atomic E-state index is -0.902. The number of fused-ring (bicyclic) bond motifs is 1. The zero-order valence-electron chi connectivity index (χ0n) is 11.0. The number of benzene rings is 1. The van der Waals surface area contributed by atoms with Crippen LogP contribution >= 0.6 is 11.5 Å². The van der Waals surface area contributed by atoms with E-state index in [1.807, 2.05) is 26.0 Å². The van der Waals surface area contributed by atoms with Crippen molar-refractivity contribution >= 4 is 28.5 Å². The minimum absolute atomic E-state index is 0.133. The zero-order valence-corrected chi connectivity index (χ0v) is 11.8. The topological polar surface area (TPSA) is 80.9 Å². The van der Waals surface area contributed by atoms with Gasteiger partial charge in [-0.05, 0) is 48.6 Å². The van der Waals surface area contributed by atoms with Crippen LogP contribution in [0.4, 0.5) is 0 Å². The highest BCUT2D eigenvalue weighted by molar-refractivity contribution is 7.09. The summed E-state index contributed by atoms with van der Waals surface area (Å²) < 4.78 is 5.51. The molecule has 0 unspecified atom stereocenters. The molecule has 7 heteroatoms. The van der Waals surface area contributed by atoms with E-state index in [4.69, 9.17) is 5.11 Å². The minimum Gasteiger partial charge on any atom is -0.480 e. The molecule has 0 aliphatic heterocycles. The Morgan fingerprint density at radius 2 is 2.10 bits per heavy atom. The molecule has 0 aliphatic carbocycles. The Kier molecular flexibility index (Phi) is 2.98. The van der Waals surface area contributed by atoms with Gasteiger partial charge in [-0.2, -0.15) is 0 Å². The molecule has 0 saturated carbocycles. The summed E-state index contributed by atoms with van der Waals surface area (Å²) in [4.78, 5) is 16.4. The van der Waals surface area contributed by atoms with Crippen LogP contribution in [-0.2, 0) is 11.3 Å². The predicted molar refractivity (Wildman–Crippen MR) is 75.7 cm³/mol. The van der Waals surface area contributed by atoms with Gasteiger partial charge in [-0.1, -0.05) is 4.49 Å². The molecule has 2 aromatic heterocycles. The lowest BCUT2D eigenvalue weighted by Gasteiger charge is -2.05. The molecular weight excluding hydrogens is 276 g/mol. The van der Waals surface area contributed by atoms with Gasteiger partial charge in [0.15, 0.2) is 5.82 Å². The van der Waals surface area contributed by atoms with E-state index in [1.165, 1.54) is 11.5 Å². The average molecular weight is 288 g/mol. The Hall–Kier alpha value is -2.28. The molecule has 3 aromatic rings. The monoisotopic (exact) mass is 288 g/mol. The van der Waals surface area contributed by atoms with Crippen LogP contribution < -0.4 is 0 Å². The standard InChI is InChI=1S/C13H12N4O2S/c1-7-3-9-10(4-8(7)2)17(6-12(18)19)13(15-9)11-5-14-16-20-11/h3-5H,6H2,1-2H3,(H,18,19). The van der Waals surface area contributed by atoms with Crippen molar-refractivity contribution < 1.29 is 9.90 Å². The van der Waals surface area contributed by atoms with Crippen molar-refractivity contribution in [2.75, 3.05) is 0 Å². The molecule has 20 heavy (non-hydrogen) atoms. The molecule has 0 spiro atoms. The Morgan fingerprint density at radius 3 is 2.75 bits per heavy atom. The van der Waals surface area contributed by atoms with Crippen LogP contribution in [0.3, 0.4) is 0 Å². The normalized spacial score (nSPS) is 11.1. The fraction of sp³-hybridized carbons (Fsp3) is 0.231. The molecule has 0 bridgehead atoms. The molecule has 0 amide bonds. The van der Waals surface area contributed by atoms with E-state index >= 15 is 0 Å². The highest BCUT2D eigenvalue weighted by Gasteiger charge is 2.17. The van der Waals surface area contributed by atoms with Gasteiger partial charge >= 0.3 is 5.97 Å². The van der Waals surface area contributed by atoms with Crippen LogP contribution in [0.1, 0.15) is 11.1 Å². The highest BCUT2D eigenvalue weighted by atomic mass is 32.1. The highest BCUT2D eigenvalue weighted by Crippen LogP contribution is 2.28. The summed E-state index contributed by atoms with van der Waals surface area (Å²) in [7, 11) is 0. The summed E-state index contributed by atoms with van der Waals surface area (Å²) in [5.74, 6) is -0.302. The zero-order chi connectivity index (χ0) is 14.3. The van der Waals surface area contributed by atoms with Crippen molar-refractivity contribution in [2.24, 2.45) is 0 Å². The largest absolute Gasteiger partial charge is 0.480 e. The molecule has 0 aliphatic rings. The fourth-order valence-electron chi connectivity index (χ4n) is 2.13. The average Bonchev–Trinajstić information content (AvgIpc) is 2.99. The molecule has 6 nitrogen and oxygen atoms in total. The molecule has 0 fully saturated rings. The second-order valence-electron chi connectivity index (χ2n) is 4.62. The lowest BCUT2D eigenvalue weighted by molar-refractivity contribution is -0.137. The molecule has 0 atom stereocenters. The molecule has 0 saturated heterocycles.